The summed E-state index contributed by atoms with van der Waals surface area (Å²) in [6.45, 7) is 5.71. The predicted molar refractivity (Wildman–Crippen MR) is 140 cm³/mol. The summed E-state index contributed by atoms with van der Waals surface area (Å²) < 4.78 is 7.82. The molecule has 8 nitrogen and oxygen atoms in total. The normalized spacial score (nSPS) is 16.7. The van der Waals surface area contributed by atoms with Crippen molar-refractivity contribution in [2.75, 3.05) is 45.2 Å². The lowest BCUT2D eigenvalue weighted by atomic mass is 10.1. The number of rotatable bonds is 5. The van der Waals surface area contributed by atoms with Crippen molar-refractivity contribution in [1.29, 1.82) is 0 Å². The van der Waals surface area contributed by atoms with Crippen LogP contribution in [0.3, 0.4) is 0 Å². The van der Waals surface area contributed by atoms with Crippen LogP contribution in [0, 0.1) is 0 Å². The van der Waals surface area contributed by atoms with Crippen molar-refractivity contribution >= 4 is 46.7 Å². The van der Waals surface area contributed by atoms with Gasteiger partial charge in [-0.1, -0.05) is 18.2 Å². The van der Waals surface area contributed by atoms with E-state index in [-0.39, 0.29) is 30.1 Å². The van der Waals surface area contributed by atoms with Crippen molar-refractivity contribution in [3.63, 3.8) is 0 Å². The maximum absolute atomic E-state index is 6.01. The number of hydrogen-bond acceptors (Lipinski definition) is 5. The SMILES string of the molecule is CCNC(=NCc1cc(N(C)C)nc2ccccc12)N1CCOC(c2cnn(C)c2)C1.I. The minimum absolute atomic E-state index is 0. The van der Waals surface area contributed by atoms with Gasteiger partial charge in [-0.2, -0.15) is 5.10 Å². The number of hydrogen-bond donors (Lipinski definition) is 1. The van der Waals surface area contributed by atoms with E-state index in [1.54, 1.807) is 0 Å². The van der Waals surface area contributed by atoms with Crippen LogP contribution < -0.4 is 10.2 Å². The molecular formula is C23H32IN7O. The number of nitrogens with zero attached hydrogens (tertiary/aromatic N) is 6. The number of aromatic nitrogens is 3. The monoisotopic (exact) mass is 549 g/mol. The Morgan fingerprint density at radius 2 is 2.12 bits per heavy atom. The molecule has 0 amide bonds. The highest BCUT2D eigenvalue weighted by atomic mass is 127. The Bertz CT molecular complexity index is 1070. The van der Waals surface area contributed by atoms with E-state index in [4.69, 9.17) is 14.7 Å². The largest absolute Gasteiger partial charge is 0.370 e. The zero-order chi connectivity index (χ0) is 21.8. The number of ether oxygens (including phenoxy) is 1. The molecule has 1 aliphatic heterocycles. The van der Waals surface area contributed by atoms with Gasteiger partial charge in [0.25, 0.3) is 0 Å². The van der Waals surface area contributed by atoms with Crippen LogP contribution in [0.15, 0.2) is 47.7 Å². The third kappa shape index (κ3) is 5.50. The van der Waals surface area contributed by atoms with E-state index in [1.165, 1.54) is 5.56 Å². The van der Waals surface area contributed by atoms with Gasteiger partial charge in [0.1, 0.15) is 11.9 Å². The molecule has 9 heteroatoms. The number of anilines is 1. The van der Waals surface area contributed by atoms with Gasteiger partial charge < -0.3 is 19.9 Å². The Balaban J connectivity index is 0.00000289. The van der Waals surface area contributed by atoms with Crippen molar-refractivity contribution in [3.05, 3.63) is 53.9 Å². The second-order valence-corrected chi connectivity index (χ2v) is 7.97. The third-order valence-electron chi connectivity index (χ3n) is 5.44. The number of fused-ring (bicyclic) bond motifs is 1. The van der Waals surface area contributed by atoms with Crippen LogP contribution in [0.25, 0.3) is 10.9 Å². The van der Waals surface area contributed by atoms with Crippen molar-refractivity contribution in [1.82, 2.24) is 25.0 Å². The Morgan fingerprint density at radius 1 is 1.31 bits per heavy atom. The summed E-state index contributed by atoms with van der Waals surface area (Å²) in [5.74, 6) is 1.85. The molecule has 1 fully saturated rings. The number of benzene rings is 1. The van der Waals surface area contributed by atoms with Crippen molar-refractivity contribution < 1.29 is 4.74 Å². The first-order chi connectivity index (χ1) is 15.0. The van der Waals surface area contributed by atoms with E-state index >= 15 is 0 Å². The van der Waals surface area contributed by atoms with Gasteiger partial charge in [-0.25, -0.2) is 9.98 Å². The van der Waals surface area contributed by atoms with E-state index in [9.17, 15) is 0 Å². The minimum Gasteiger partial charge on any atom is -0.370 e. The topological polar surface area (TPSA) is 70.8 Å². The molecule has 1 N–H and O–H groups in total. The summed E-state index contributed by atoms with van der Waals surface area (Å²) in [5, 5.41) is 8.89. The van der Waals surface area contributed by atoms with Crippen LogP contribution in [-0.2, 0) is 18.3 Å². The van der Waals surface area contributed by atoms with Crippen molar-refractivity contribution in [3.8, 4) is 0 Å². The molecule has 4 rings (SSSR count). The van der Waals surface area contributed by atoms with Gasteiger partial charge in [-0.05, 0) is 24.6 Å². The molecule has 0 bridgehead atoms. The molecular weight excluding hydrogens is 517 g/mol. The van der Waals surface area contributed by atoms with E-state index in [1.807, 2.05) is 49.2 Å². The molecule has 3 heterocycles. The fraction of sp³-hybridized carbons (Fsp3) is 0.435. The van der Waals surface area contributed by atoms with Crippen LogP contribution >= 0.6 is 24.0 Å². The lowest BCUT2D eigenvalue weighted by Crippen LogP contribution is -2.48. The number of guanidine groups is 1. The van der Waals surface area contributed by atoms with Gasteiger partial charge in [0, 0.05) is 51.4 Å². The molecule has 172 valence electrons. The van der Waals surface area contributed by atoms with E-state index < -0.39 is 0 Å². The molecule has 0 aliphatic carbocycles. The smallest absolute Gasteiger partial charge is 0.194 e. The Morgan fingerprint density at radius 3 is 2.84 bits per heavy atom. The molecule has 32 heavy (non-hydrogen) atoms. The maximum atomic E-state index is 6.01. The molecule has 3 aromatic rings. The summed E-state index contributed by atoms with van der Waals surface area (Å²) in [4.78, 5) is 14.1. The lowest BCUT2D eigenvalue weighted by Gasteiger charge is -2.34. The zero-order valence-corrected chi connectivity index (χ0v) is 21.5. The van der Waals surface area contributed by atoms with Gasteiger partial charge in [0.15, 0.2) is 5.96 Å². The number of para-hydroxylation sites is 1. The van der Waals surface area contributed by atoms with Gasteiger partial charge >= 0.3 is 0 Å². The molecule has 1 unspecified atom stereocenters. The van der Waals surface area contributed by atoms with E-state index in [2.05, 4.69) is 46.5 Å². The summed E-state index contributed by atoms with van der Waals surface area (Å²) in [7, 11) is 5.96. The fourth-order valence-corrected chi connectivity index (χ4v) is 3.83. The summed E-state index contributed by atoms with van der Waals surface area (Å²) in [6.07, 6.45) is 3.89. The standard InChI is InChI=1S/C23H31N7O.HI/c1-5-24-23(30-10-11-31-21(16-30)18-14-26-29(4)15-18)25-13-17-12-22(28(2)3)27-20-9-7-6-8-19(17)20;/h6-9,12,14-15,21H,5,10-11,13,16H2,1-4H3,(H,24,25);1H. The summed E-state index contributed by atoms with van der Waals surface area (Å²) in [5.41, 5.74) is 3.26. The van der Waals surface area contributed by atoms with E-state index in [0.29, 0.717) is 13.2 Å². The first kappa shape index (κ1) is 24.2. The molecule has 1 saturated heterocycles. The Hall–Kier alpha value is -2.40. The highest BCUT2D eigenvalue weighted by Crippen LogP contribution is 2.24. The first-order valence-electron chi connectivity index (χ1n) is 10.7. The molecule has 0 saturated carbocycles. The van der Waals surface area contributed by atoms with Crippen LogP contribution in [0.1, 0.15) is 24.2 Å². The van der Waals surface area contributed by atoms with Gasteiger partial charge in [-0.3, -0.25) is 4.68 Å². The van der Waals surface area contributed by atoms with E-state index in [0.717, 1.165) is 47.9 Å². The van der Waals surface area contributed by atoms with Crippen LogP contribution in [0.2, 0.25) is 0 Å². The van der Waals surface area contributed by atoms with Crippen molar-refractivity contribution in [2.24, 2.45) is 12.0 Å². The number of nitrogens with one attached hydrogen (secondary N) is 1. The highest BCUT2D eigenvalue weighted by molar-refractivity contribution is 14.0. The Labute approximate surface area is 206 Å². The second kappa shape index (κ2) is 11.0. The predicted octanol–water partition coefficient (Wildman–Crippen LogP) is 3.19. The zero-order valence-electron chi connectivity index (χ0n) is 19.2. The van der Waals surface area contributed by atoms with Gasteiger partial charge in [0.05, 0.1) is 31.4 Å². The molecule has 0 spiro atoms. The highest BCUT2D eigenvalue weighted by Gasteiger charge is 2.25. The summed E-state index contributed by atoms with van der Waals surface area (Å²) in [6, 6.07) is 10.4. The third-order valence-corrected chi connectivity index (χ3v) is 5.44. The average molecular weight is 549 g/mol. The number of aryl methyl sites for hydroxylation is 1. The average Bonchev–Trinajstić information content (AvgIpc) is 3.22. The molecule has 1 aromatic carbocycles. The Kier molecular flexibility index (Phi) is 8.30. The minimum atomic E-state index is -0.00611. The van der Waals surface area contributed by atoms with Crippen LogP contribution in [-0.4, -0.2) is 66.0 Å². The maximum Gasteiger partial charge on any atom is 0.194 e. The molecule has 1 atom stereocenters. The number of aliphatic imine (C=N–C) groups is 1. The number of morpholine rings is 1. The molecule has 0 radical (unpaired) electrons. The quantitative estimate of drug-likeness (QED) is 0.300. The van der Waals surface area contributed by atoms with Gasteiger partial charge in [0.2, 0.25) is 0 Å². The second-order valence-electron chi connectivity index (χ2n) is 7.97. The summed E-state index contributed by atoms with van der Waals surface area (Å²) >= 11 is 0. The van der Waals surface area contributed by atoms with Crippen LogP contribution in [0.4, 0.5) is 5.82 Å². The molecule has 2 aromatic heterocycles. The number of halogens is 1. The van der Waals surface area contributed by atoms with Crippen LogP contribution in [0.5, 0.6) is 0 Å². The first-order valence-corrected chi connectivity index (χ1v) is 10.7. The fourth-order valence-electron chi connectivity index (χ4n) is 3.83. The number of pyridine rings is 1. The molecule has 1 aliphatic rings. The van der Waals surface area contributed by atoms with Gasteiger partial charge in [-0.15, -0.1) is 24.0 Å². The van der Waals surface area contributed by atoms with Crippen molar-refractivity contribution in [2.45, 2.75) is 19.6 Å². The lowest BCUT2D eigenvalue weighted by molar-refractivity contribution is -0.00805.